The van der Waals surface area contributed by atoms with Crippen molar-refractivity contribution in [3.8, 4) is 0 Å². The fourth-order valence-corrected chi connectivity index (χ4v) is 0. The summed E-state index contributed by atoms with van der Waals surface area (Å²) in [5.74, 6) is 0. The van der Waals surface area contributed by atoms with Crippen molar-refractivity contribution in [2.45, 2.75) is 0 Å². The van der Waals surface area contributed by atoms with Gasteiger partial charge in [-0.05, 0) is 0 Å². The van der Waals surface area contributed by atoms with E-state index >= 15 is 0 Å². The molecule has 7 heavy (non-hydrogen) atoms. The predicted octanol–water partition coefficient (Wildman–Crippen LogP) is -1.36. The third-order valence-electron chi connectivity index (χ3n) is 0. The van der Waals surface area contributed by atoms with Gasteiger partial charge in [0.1, 0.15) is 0 Å². The normalized spacial score (nSPS) is 5.14. The first-order valence-corrected chi connectivity index (χ1v) is 4.33. The zero-order chi connectivity index (χ0) is 6.28. The standard InChI is InChI=1S/O3Se.O2Se/c1-4(2)3;1-3-2. The van der Waals surface area contributed by atoms with Crippen molar-refractivity contribution in [1.82, 2.24) is 0 Å². The van der Waals surface area contributed by atoms with Gasteiger partial charge in [-0.1, -0.05) is 0 Å². The fraction of sp³-hybridized carbons (Fsp3) is 0. The molecule has 0 bridgehead atoms. The molecule has 0 rings (SSSR count). The van der Waals surface area contributed by atoms with E-state index in [4.69, 9.17) is 19.2 Å². The van der Waals surface area contributed by atoms with Crippen LogP contribution in [0.3, 0.4) is 0 Å². The molecule has 0 aromatic heterocycles. The Kier molecular flexibility index (Phi) is 13.6. The van der Waals surface area contributed by atoms with Gasteiger partial charge in [-0.25, -0.2) is 0 Å². The molecule has 0 amide bonds. The van der Waals surface area contributed by atoms with Gasteiger partial charge in [-0.3, -0.25) is 0 Å². The van der Waals surface area contributed by atoms with E-state index in [1.54, 1.807) is 0 Å². The third-order valence-corrected chi connectivity index (χ3v) is 0. The van der Waals surface area contributed by atoms with Gasteiger partial charge in [0.2, 0.25) is 0 Å². The minimum absolute atomic E-state index is 1.62. The molecule has 0 aliphatic heterocycles. The van der Waals surface area contributed by atoms with Crippen molar-refractivity contribution in [3.63, 3.8) is 0 Å². The Labute approximate surface area is 48.1 Å². The van der Waals surface area contributed by atoms with Crippen LogP contribution in [0.4, 0.5) is 0 Å². The van der Waals surface area contributed by atoms with Gasteiger partial charge in [-0.15, -0.1) is 0 Å². The summed E-state index contributed by atoms with van der Waals surface area (Å²) in [6.45, 7) is 0. The molecule has 0 aliphatic carbocycles. The summed E-state index contributed by atoms with van der Waals surface area (Å²) in [7, 11) is 0. The maximum absolute atomic E-state index is 8.54. The fourth-order valence-electron chi connectivity index (χ4n) is 0. The molecular formula is O5Se2. The Hall–Kier alpha value is 0.0390. The van der Waals surface area contributed by atoms with Crippen molar-refractivity contribution >= 4 is 28.5 Å². The molecule has 0 atom stereocenters. The van der Waals surface area contributed by atoms with Crippen molar-refractivity contribution in [2.24, 2.45) is 0 Å². The first-order chi connectivity index (χ1) is 3.15. The Morgan fingerprint density at radius 1 is 1.00 bits per heavy atom. The second-order valence-electron chi connectivity index (χ2n) is 0.272. The van der Waals surface area contributed by atoms with Gasteiger partial charge in [0.15, 0.2) is 0 Å². The Morgan fingerprint density at radius 2 is 1.00 bits per heavy atom. The summed E-state index contributed by atoms with van der Waals surface area (Å²) in [5, 5.41) is 0. The van der Waals surface area contributed by atoms with Gasteiger partial charge < -0.3 is 0 Å². The molecule has 0 aromatic rings. The summed E-state index contributed by atoms with van der Waals surface area (Å²) in [6.07, 6.45) is 0. The van der Waals surface area contributed by atoms with E-state index in [1.165, 1.54) is 0 Å². The molecular weight excluding hydrogens is 238 g/mol. The quantitative estimate of drug-likeness (QED) is 0.486. The van der Waals surface area contributed by atoms with Gasteiger partial charge in [0, 0.05) is 0 Å². The number of hydrogen-bond donors (Lipinski definition) is 0. The molecule has 7 heteroatoms. The van der Waals surface area contributed by atoms with E-state index in [0.717, 1.165) is 0 Å². The van der Waals surface area contributed by atoms with Gasteiger partial charge in [-0.2, -0.15) is 0 Å². The van der Waals surface area contributed by atoms with E-state index in [2.05, 4.69) is 0 Å². The van der Waals surface area contributed by atoms with Crippen LogP contribution in [0.1, 0.15) is 0 Å². The molecule has 0 aliphatic rings. The molecule has 0 heterocycles. The molecule has 0 aromatic carbocycles. The molecule has 0 unspecified atom stereocenters. The SMILES string of the molecule is O=[Se](=O)=O.O=[Se]=O. The van der Waals surface area contributed by atoms with E-state index in [-0.39, 0.29) is 0 Å². The summed E-state index contributed by atoms with van der Waals surface area (Å²) in [5.41, 5.74) is 0. The van der Waals surface area contributed by atoms with Crippen LogP contribution in [0, 0.1) is 0 Å². The van der Waals surface area contributed by atoms with E-state index in [0.29, 0.717) is 0 Å². The van der Waals surface area contributed by atoms with Crippen molar-refractivity contribution < 1.29 is 19.2 Å². The second-order valence-corrected chi connectivity index (χ2v) is 1.41. The van der Waals surface area contributed by atoms with Crippen molar-refractivity contribution in [1.29, 1.82) is 0 Å². The van der Waals surface area contributed by atoms with Gasteiger partial charge >= 0.3 is 47.7 Å². The zero-order valence-corrected chi connectivity index (χ0v) is 6.28. The van der Waals surface area contributed by atoms with E-state index in [1.807, 2.05) is 0 Å². The Balaban J connectivity index is 0. The first-order valence-electron chi connectivity index (χ1n) is 0.833. The summed E-state index contributed by atoms with van der Waals surface area (Å²) in [6, 6.07) is 0. The van der Waals surface area contributed by atoms with Gasteiger partial charge in [0.25, 0.3) is 0 Å². The predicted molar refractivity (Wildman–Crippen MR) is 14.9 cm³/mol. The molecule has 0 fully saturated rings. The van der Waals surface area contributed by atoms with Gasteiger partial charge in [0.05, 0.1) is 0 Å². The minimum atomic E-state index is -3.79. The number of rotatable bonds is 0. The third kappa shape index (κ3) is 64900. The molecule has 0 saturated carbocycles. The molecule has 0 radical (unpaired) electrons. The molecule has 0 saturated heterocycles. The molecule has 0 spiro atoms. The monoisotopic (exact) mass is 240 g/mol. The Morgan fingerprint density at radius 3 is 1.00 bits per heavy atom. The van der Waals surface area contributed by atoms with Crippen LogP contribution in [0.5, 0.6) is 0 Å². The van der Waals surface area contributed by atoms with Crippen molar-refractivity contribution in [2.75, 3.05) is 0 Å². The first kappa shape index (κ1) is 10.1. The van der Waals surface area contributed by atoms with Crippen LogP contribution in [-0.4, -0.2) is 28.5 Å². The number of hydrogen-bond acceptors (Lipinski definition) is 5. The van der Waals surface area contributed by atoms with Crippen LogP contribution in [0.2, 0.25) is 0 Å². The summed E-state index contributed by atoms with van der Waals surface area (Å²) >= 11 is -5.42. The summed E-state index contributed by atoms with van der Waals surface area (Å²) < 4.78 is 42.5. The van der Waals surface area contributed by atoms with Crippen LogP contribution >= 0.6 is 0 Å². The molecule has 0 N–H and O–H groups in total. The van der Waals surface area contributed by atoms with Crippen LogP contribution in [0.15, 0.2) is 0 Å². The van der Waals surface area contributed by atoms with Crippen LogP contribution < -0.4 is 0 Å². The average Bonchev–Trinajstić information content (AvgIpc) is 1.33. The van der Waals surface area contributed by atoms with E-state index < -0.39 is 28.5 Å². The van der Waals surface area contributed by atoms with E-state index in [9.17, 15) is 0 Å². The molecule has 5 nitrogen and oxygen atoms in total. The molecule has 42 valence electrons. The van der Waals surface area contributed by atoms with Crippen LogP contribution in [0.25, 0.3) is 0 Å². The zero-order valence-electron chi connectivity index (χ0n) is 2.86. The Bertz CT molecular complexity index is 133. The average molecular weight is 238 g/mol. The maximum atomic E-state index is 8.54. The topological polar surface area (TPSA) is 85.3 Å². The summed E-state index contributed by atoms with van der Waals surface area (Å²) in [4.78, 5) is 0. The second kappa shape index (κ2) is 9.40. The van der Waals surface area contributed by atoms with Crippen LogP contribution in [-0.2, 0) is 19.2 Å². The van der Waals surface area contributed by atoms with Crippen molar-refractivity contribution in [3.05, 3.63) is 0 Å².